The molecule has 144 valence electrons. The molecule has 0 radical (unpaired) electrons. The largest absolute Gasteiger partial charge is 0.371 e. The van der Waals surface area contributed by atoms with E-state index in [0.717, 1.165) is 11.8 Å². The summed E-state index contributed by atoms with van der Waals surface area (Å²) in [6.07, 6.45) is 0.548. The van der Waals surface area contributed by atoms with Gasteiger partial charge >= 0.3 is 0 Å². The number of anilines is 2. The van der Waals surface area contributed by atoms with Gasteiger partial charge < -0.3 is 10.2 Å². The quantitative estimate of drug-likeness (QED) is 0.805. The molecule has 0 bridgehead atoms. The molecule has 1 aliphatic rings. The minimum atomic E-state index is -3.01. The Hall–Kier alpha value is -2.55. The molecule has 1 saturated heterocycles. The molecule has 5 nitrogen and oxygen atoms in total. The number of carbonyl (C=O) groups excluding carboxylic acids is 1. The van der Waals surface area contributed by atoms with Gasteiger partial charge in [-0.15, -0.1) is 0 Å². The number of benzene rings is 2. The van der Waals surface area contributed by atoms with Crippen molar-refractivity contribution in [3.8, 4) is 0 Å². The second-order valence-electron chi connectivity index (χ2n) is 6.39. The van der Waals surface area contributed by atoms with Crippen LogP contribution in [0.4, 0.5) is 24.5 Å². The standard InChI is InChI=1S/C18H17F3N2O3S/c1-23(13-8-9-27(25,26)10-13)12-4-2-11(3-5-12)22-18(24)14-6-7-15(19)17(21)16(14)20/h2-7,13H,8-10H2,1H3,(H,22,24). The molecule has 2 aromatic rings. The molecule has 1 unspecified atom stereocenters. The summed E-state index contributed by atoms with van der Waals surface area (Å²) in [5, 5.41) is 2.41. The molecule has 27 heavy (non-hydrogen) atoms. The number of hydrogen-bond acceptors (Lipinski definition) is 4. The third-order valence-electron chi connectivity index (χ3n) is 4.57. The number of hydrogen-bond donors (Lipinski definition) is 1. The summed E-state index contributed by atoms with van der Waals surface area (Å²) in [6.45, 7) is 0. The van der Waals surface area contributed by atoms with Gasteiger partial charge in [0.15, 0.2) is 27.3 Å². The summed E-state index contributed by atoms with van der Waals surface area (Å²) in [5.41, 5.74) is 0.487. The first kappa shape index (κ1) is 19.2. The van der Waals surface area contributed by atoms with Gasteiger partial charge in [-0.25, -0.2) is 21.6 Å². The first-order valence-corrected chi connectivity index (χ1v) is 9.98. The van der Waals surface area contributed by atoms with Crippen LogP contribution in [0.25, 0.3) is 0 Å². The molecular weight excluding hydrogens is 381 g/mol. The van der Waals surface area contributed by atoms with Crippen molar-refractivity contribution >= 4 is 27.1 Å². The van der Waals surface area contributed by atoms with E-state index in [4.69, 9.17) is 0 Å². The van der Waals surface area contributed by atoms with E-state index >= 15 is 0 Å². The Kier molecular flexibility index (Phi) is 5.14. The van der Waals surface area contributed by atoms with Crippen LogP contribution in [-0.2, 0) is 9.84 Å². The van der Waals surface area contributed by atoms with Crippen LogP contribution in [0.3, 0.4) is 0 Å². The van der Waals surface area contributed by atoms with Gasteiger partial charge in [0.1, 0.15) is 0 Å². The van der Waals surface area contributed by atoms with Gasteiger partial charge in [0.05, 0.1) is 17.1 Å². The average Bonchev–Trinajstić information content (AvgIpc) is 2.99. The highest BCUT2D eigenvalue weighted by Gasteiger charge is 2.30. The molecule has 1 amide bonds. The number of halogens is 3. The van der Waals surface area contributed by atoms with Crippen molar-refractivity contribution in [1.82, 2.24) is 0 Å². The third-order valence-corrected chi connectivity index (χ3v) is 6.32. The summed E-state index contributed by atoms with van der Waals surface area (Å²) in [7, 11) is -1.22. The molecule has 1 N–H and O–H groups in total. The predicted octanol–water partition coefficient (Wildman–Crippen LogP) is 2.98. The Morgan fingerprint density at radius 2 is 1.74 bits per heavy atom. The van der Waals surface area contributed by atoms with Crippen LogP contribution < -0.4 is 10.2 Å². The fourth-order valence-electron chi connectivity index (χ4n) is 2.97. The number of nitrogens with one attached hydrogen (secondary N) is 1. The van der Waals surface area contributed by atoms with Crippen molar-refractivity contribution in [2.75, 3.05) is 28.8 Å². The van der Waals surface area contributed by atoms with E-state index in [9.17, 15) is 26.4 Å². The van der Waals surface area contributed by atoms with E-state index in [1.54, 1.807) is 31.3 Å². The molecule has 3 rings (SSSR count). The smallest absolute Gasteiger partial charge is 0.258 e. The van der Waals surface area contributed by atoms with E-state index in [-0.39, 0.29) is 17.5 Å². The van der Waals surface area contributed by atoms with Crippen LogP contribution in [0.15, 0.2) is 36.4 Å². The van der Waals surface area contributed by atoms with Crippen LogP contribution in [0, 0.1) is 17.5 Å². The summed E-state index contributed by atoms with van der Waals surface area (Å²) in [4.78, 5) is 13.9. The molecule has 1 atom stereocenters. The molecule has 0 aromatic heterocycles. The van der Waals surface area contributed by atoms with Gasteiger partial charge in [0, 0.05) is 24.5 Å². The lowest BCUT2D eigenvalue weighted by molar-refractivity contribution is 0.102. The summed E-state index contributed by atoms with van der Waals surface area (Å²) >= 11 is 0. The lowest BCUT2D eigenvalue weighted by Gasteiger charge is -2.25. The molecule has 0 spiro atoms. The van der Waals surface area contributed by atoms with Crippen molar-refractivity contribution in [3.63, 3.8) is 0 Å². The average molecular weight is 398 g/mol. The maximum atomic E-state index is 13.7. The molecule has 0 aliphatic carbocycles. The normalized spacial score (nSPS) is 18.3. The Labute approximate surface area is 154 Å². The molecule has 9 heteroatoms. The van der Waals surface area contributed by atoms with Crippen LogP contribution in [-0.4, -0.2) is 38.9 Å². The topological polar surface area (TPSA) is 66.5 Å². The second kappa shape index (κ2) is 7.22. The summed E-state index contributed by atoms with van der Waals surface area (Å²) in [5.74, 6) is -5.27. The number of carbonyl (C=O) groups is 1. The van der Waals surface area contributed by atoms with Gasteiger partial charge in [0.2, 0.25) is 0 Å². The molecule has 2 aromatic carbocycles. The molecule has 0 saturated carbocycles. The number of sulfone groups is 1. The molecule has 1 aliphatic heterocycles. The summed E-state index contributed by atoms with van der Waals surface area (Å²) in [6, 6.07) is 7.92. The van der Waals surface area contributed by atoms with E-state index in [1.165, 1.54) is 0 Å². The van der Waals surface area contributed by atoms with Crippen LogP contribution >= 0.6 is 0 Å². The molecule has 1 heterocycles. The number of nitrogens with zero attached hydrogens (tertiary/aromatic N) is 1. The second-order valence-corrected chi connectivity index (χ2v) is 8.62. The SMILES string of the molecule is CN(c1ccc(NC(=O)c2ccc(F)c(F)c2F)cc1)C1CCS(=O)(=O)C1. The van der Waals surface area contributed by atoms with E-state index < -0.39 is 38.8 Å². The third kappa shape index (κ3) is 4.08. The predicted molar refractivity (Wildman–Crippen MR) is 96.2 cm³/mol. The van der Waals surface area contributed by atoms with Gasteiger partial charge in [-0.05, 0) is 42.8 Å². The van der Waals surface area contributed by atoms with Gasteiger partial charge in [-0.3, -0.25) is 4.79 Å². The van der Waals surface area contributed by atoms with Crippen LogP contribution in [0.2, 0.25) is 0 Å². The Morgan fingerprint density at radius 1 is 1.07 bits per heavy atom. The number of rotatable bonds is 4. The first-order valence-electron chi connectivity index (χ1n) is 8.16. The highest BCUT2D eigenvalue weighted by molar-refractivity contribution is 7.91. The molecular formula is C18H17F3N2O3S. The van der Waals surface area contributed by atoms with Crippen molar-refractivity contribution < 1.29 is 26.4 Å². The van der Waals surface area contributed by atoms with E-state index in [1.807, 2.05) is 4.90 Å². The maximum Gasteiger partial charge on any atom is 0.258 e. The maximum absolute atomic E-state index is 13.7. The van der Waals surface area contributed by atoms with Gasteiger partial charge in [0.25, 0.3) is 5.91 Å². The minimum absolute atomic E-state index is 0.0946. The number of amides is 1. The Bertz CT molecular complexity index is 978. The van der Waals surface area contributed by atoms with Crippen LogP contribution in [0.1, 0.15) is 16.8 Å². The zero-order valence-electron chi connectivity index (χ0n) is 14.4. The zero-order chi connectivity index (χ0) is 19.8. The van der Waals surface area contributed by atoms with Crippen molar-refractivity contribution in [2.45, 2.75) is 12.5 Å². The zero-order valence-corrected chi connectivity index (χ0v) is 15.2. The first-order chi connectivity index (χ1) is 12.7. The Morgan fingerprint density at radius 3 is 2.33 bits per heavy atom. The fraction of sp³-hybridized carbons (Fsp3) is 0.278. The van der Waals surface area contributed by atoms with Crippen LogP contribution in [0.5, 0.6) is 0 Å². The van der Waals surface area contributed by atoms with Gasteiger partial charge in [-0.2, -0.15) is 0 Å². The van der Waals surface area contributed by atoms with Crippen molar-refractivity contribution in [2.24, 2.45) is 0 Å². The fourth-order valence-corrected chi connectivity index (χ4v) is 4.75. The molecule has 1 fully saturated rings. The van der Waals surface area contributed by atoms with E-state index in [2.05, 4.69) is 5.32 Å². The Balaban J connectivity index is 1.71. The highest BCUT2D eigenvalue weighted by Crippen LogP contribution is 2.25. The summed E-state index contributed by atoms with van der Waals surface area (Å²) < 4.78 is 63.1. The minimum Gasteiger partial charge on any atom is -0.371 e. The van der Waals surface area contributed by atoms with Crippen molar-refractivity contribution in [3.05, 3.63) is 59.4 Å². The lowest BCUT2D eigenvalue weighted by Crippen LogP contribution is -2.32. The van der Waals surface area contributed by atoms with Gasteiger partial charge in [-0.1, -0.05) is 0 Å². The van der Waals surface area contributed by atoms with Crippen molar-refractivity contribution in [1.29, 1.82) is 0 Å². The van der Waals surface area contributed by atoms with E-state index in [0.29, 0.717) is 18.2 Å². The lowest BCUT2D eigenvalue weighted by atomic mass is 10.1. The monoisotopic (exact) mass is 398 g/mol. The highest BCUT2D eigenvalue weighted by atomic mass is 32.2.